The Hall–Kier alpha value is -2.28. The van der Waals surface area contributed by atoms with E-state index in [1.807, 2.05) is 24.9 Å². The number of fused-ring (bicyclic) bond motifs is 1. The Morgan fingerprint density at radius 1 is 1.44 bits per heavy atom. The topological polar surface area (TPSA) is 84.2 Å². The van der Waals surface area contributed by atoms with Crippen LogP contribution in [0.2, 0.25) is 0 Å². The lowest BCUT2D eigenvalue weighted by atomic mass is 10.1. The molecule has 7 heteroatoms. The molecule has 0 aliphatic carbocycles. The van der Waals surface area contributed by atoms with E-state index >= 15 is 0 Å². The second-order valence-electron chi connectivity index (χ2n) is 7.05. The van der Waals surface area contributed by atoms with Gasteiger partial charge in [-0.1, -0.05) is 19.0 Å². The highest BCUT2D eigenvalue weighted by molar-refractivity contribution is 5.92. The van der Waals surface area contributed by atoms with Crippen molar-refractivity contribution in [2.45, 2.75) is 51.6 Å². The summed E-state index contributed by atoms with van der Waals surface area (Å²) in [7, 11) is 0. The van der Waals surface area contributed by atoms with Gasteiger partial charge in [-0.25, -0.2) is 9.97 Å². The van der Waals surface area contributed by atoms with Crippen molar-refractivity contribution >= 4 is 5.91 Å². The molecule has 2 aliphatic rings. The zero-order valence-corrected chi connectivity index (χ0v) is 14.7. The number of hydrogen-bond donors (Lipinski definition) is 1. The van der Waals surface area contributed by atoms with Gasteiger partial charge in [0, 0.05) is 49.6 Å². The average Bonchev–Trinajstić information content (AvgIpc) is 3.30. The molecule has 1 amide bonds. The molecule has 4 rings (SSSR count). The second kappa shape index (κ2) is 6.55. The van der Waals surface area contributed by atoms with E-state index < -0.39 is 0 Å². The van der Waals surface area contributed by atoms with Gasteiger partial charge in [0.15, 0.2) is 5.82 Å². The zero-order chi connectivity index (χ0) is 17.4. The van der Waals surface area contributed by atoms with Crippen LogP contribution in [-0.2, 0) is 13.0 Å². The number of likely N-dealkylation sites (tertiary alicyclic amines) is 1. The third-order valence-corrected chi connectivity index (χ3v) is 4.97. The first-order valence-electron chi connectivity index (χ1n) is 8.96. The molecule has 0 bridgehead atoms. The predicted octanol–water partition coefficient (Wildman–Crippen LogP) is 2.21. The Morgan fingerprint density at radius 3 is 3.12 bits per heavy atom. The second-order valence-corrected chi connectivity index (χ2v) is 7.05. The quantitative estimate of drug-likeness (QED) is 0.921. The third kappa shape index (κ3) is 3.04. The normalized spacial score (nSPS) is 20.1. The Kier molecular flexibility index (Phi) is 4.25. The van der Waals surface area contributed by atoms with Crippen LogP contribution in [0.25, 0.3) is 0 Å². The summed E-state index contributed by atoms with van der Waals surface area (Å²) < 4.78 is 5.28. The number of carbonyl (C=O) groups is 1. The molecule has 1 fully saturated rings. The average molecular weight is 341 g/mol. The molecule has 1 unspecified atom stereocenters. The van der Waals surface area contributed by atoms with Gasteiger partial charge in [-0.3, -0.25) is 4.79 Å². The molecule has 7 nitrogen and oxygen atoms in total. The Labute approximate surface area is 146 Å². The van der Waals surface area contributed by atoms with Gasteiger partial charge in [0.25, 0.3) is 5.91 Å². The Balaban J connectivity index is 1.58. The molecule has 4 heterocycles. The smallest absolute Gasteiger partial charge is 0.293 e. The highest BCUT2D eigenvalue weighted by atomic mass is 16.5. The summed E-state index contributed by atoms with van der Waals surface area (Å²) in [6, 6.07) is 1.67. The predicted molar refractivity (Wildman–Crippen MR) is 91.0 cm³/mol. The fourth-order valence-electron chi connectivity index (χ4n) is 3.49. The monoisotopic (exact) mass is 341 g/mol. The van der Waals surface area contributed by atoms with E-state index in [2.05, 4.69) is 15.5 Å². The molecule has 2 aliphatic heterocycles. The molecule has 1 saturated heterocycles. The van der Waals surface area contributed by atoms with E-state index in [-0.39, 0.29) is 17.9 Å². The minimum Gasteiger partial charge on any atom is -0.351 e. The van der Waals surface area contributed by atoms with E-state index in [9.17, 15) is 4.79 Å². The molecule has 0 spiro atoms. The fraction of sp³-hybridized carbons (Fsp3) is 0.556. The van der Waals surface area contributed by atoms with Gasteiger partial charge in [-0.05, 0) is 18.8 Å². The van der Waals surface area contributed by atoms with Gasteiger partial charge in [0.1, 0.15) is 0 Å². The standard InChI is InChI=1S/C18H23N5O2/c1-11(2)14-8-16(25-22-14)18(24)23-7-3-4-15(23)17-20-10-12-9-19-6-5-13(12)21-17/h8,10-11,15,19H,3-7,9H2,1-2H3. The van der Waals surface area contributed by atoms with Gasteiger partial charge in [0.2, 0.25) is 5.76 Å². The van der Waals surface area contributed by atoms with Crippen molar-refractivity contribution in [3.05, 3.63) is 40.8 Å². The van der Waals surface area contributed by atoms with Crippen molar-refractivity contribution in [2.75, 3.05) is 13.1 Å². The molecule has 0 aromatic carbocycles. The lowest BCUT2D eigenvalue weighted by Gasteiger charge is -2.24. The van der Waals surface area contributed by atoms with Gasteiger partial charge in [-0.2, -0.15) is 0 Å². The number of carbonyl (C=O) groups excluding carboxylic acids is 1. The number of nitrogens with zero attached hydrogens (tertiary/aromatic N) is 4. The Bertz CT molecular complexity index is 786. The summed E-state index contributed by atoms with van der Waals surface area (Å²) >= 11 is 0. The van der Waals surface area contributed by atoms with Gasteiger partial charge >= 0.3 is 0 Å². The van der Waals surface area contributed by atoms with Crippen molar-refractivity contribution < 1.29 is 9.32 Å². The van der Waals surface area contributed by atoms with Crippen molar-refractivity contribution in [1.29, 1.82) is 0 Å². The fourth-order valence-corrected chi connectivity index (χ4v) is 3.49. The highest BCUT2D eigenvalue weighted by Crippen LogP contribution is 2.32. The molecule has 132 valence electrons. The SMILES string of the molecule is CC(C)c1cc(C(=O)N2CCCC2c2ncc3c(n2)CCNC3)on1. The van der Waals surface area contributed by atoms with Crippen LogP contribution in [-0.4, -0.2) is 39.0 Å². The van der Waals surface area contributed by atoms with Crippen molar-refractivity contribution in [2.24, 2.45) is 0 Å². The van der Waals surface area contributed by atoms with Crippen LogP contribution in [0.5, 0.6) is 0 Å². The van der Waals surface area contributed by atoms with E-state index in [0.717, 1.165) is 55.1 Å². The van der Waals surface area contributed by atoms with E-state index in [1.54, 1.807) is 6.07 Å². The maximum absolute atomic E-state index is 12.9. The lowest BCUT2D eigenvalue weighted by molar-refractivity contribution is 0.0687. The third-order valence-electron chi connectivity index (χ3n) is 4.97. The van der Waals surface area contributed by atoms with Crippen LogP contribution >= 0.6 is 0 Å². The van der Waals surface area contributed by atoms with Crippen LogP contribution in [0.15, 0.2) is 16.8 Å². The van der Waals surface area contributed by atoms with Crippen LogP contribution < -0.4 is 5.32 Å². The summed E-state index contributed by atoms with van der Waals surface area (Å²) in [4.78, 5) is 24.0. The molecule has 0 saturated carbocycles. The van der Waals surface area contributed by atoms with E-state index in [4.69, 9.17) is 9.51 Å². The number of hydrogen-bond acceptors (Lipinski definition) is 6. The first-order chi connectivity index (χ1) is 12.1. The van der Waals surface area contributed by atoms with E-state index in [0.29, 0.717) is 12.3 Å². The number of amides is 1. The summed E-state index contributed by atoms with van der Waals surface area (Å²) in [6.45, 7) is 6.51. The molecular formula is C18H23N5O2. The number of nitrogens with one attached hydrogen (secondary N) is 1. The van der Waals surface area contributed by atoms with Crippen LogP contribution in [0.1, 0.15) is 72.0 Å². The molecule has 2 aromatic rings. The maximum atomic E-state index is 12.9. The van der Waals surface area contributed by atoms with Gasteiger partial charge in [-0.15, -0.1) is 0 Å². The minimum absolute atomic E-state index is 0.0831. The highest BCUT2D eigenvalue weighted by Gasteiger charge is 2.34. The van der Waals surface area contributed by atoms with Crippen LogP contribution in [0.3, 0.4) is 0 Å². The molecule has 25 heavy (non-hydrogen) atoms. The molecular weight excluding hydrogens is 318 g/mol. The van der Waals surface area contributed by atoms with Crippen LogP contribution in [0.4, 0.5) is 0 Å². The summed E-state index contributed by atoms with van der Waals surface area (Å²) in [5.41, 5.74) is 3.06. The molecule has 1 N–H and O–H groups in total. The maximum Gasteiger partial charge on any atom is 0.293 e. The minimum atomic E-state index is -0.120. The lowest BCUT2D eigenvalue weighted by Crippen LogP contribution is -2.32. The van der Waals surface area contributed by atoms with Crippen molar-refractivity contribution in [1.82, 2.24) is 25.3 Å². The molecule has 0 radical (unpaired) electrons. The zero-order valence-electron chi connectivity index (χ0n) is 14.7. The Morgan fingerprint density at radius 2 is 2.32 bits per heavy atom. The van der Waals surface area contributed by atoms with E-state index in [1.165, 1.54) is 0 Å². The van der Waals surface area contributed by atoms with Crippen molar-refractivity contribution in [3.8, 4) is 0 Å². The first kappa shape index (κ1) is 16.2. The van der Waals surface area contributed by atoms with Gasteiger partial charge in [0.05, 0.1) is 11.7 Å². The largest absolute Gasteiger partial charge is 0.351 e. The number of aromatic nitrogens is 3. The summed E-state index contributed by atoms with van der Waals surface area (Å²) in [5, 5.41) is 7.33. The first-order valence-corrected chi connectivity index (χ1v) is 8.96. The molecule has 2 aromatic heterocycles. The summed E-state index contributed by atoms with van der Waals surface area (Å²) in [6.07, 6.45) is 4.64. The summed E-state index contributed by atoms with van der Waals surface area (Å²) in [5.74, 6) is 1.16. The van der Waals surface area contributed by atoms with Crippen molar-refractivity contribution in [3.63, 3.8) is 0 Å². The number of rotatable bonds is 3. The molecule has 1 atom stereocenters. The van der Waals surface area contributed by atoms with Crippen LogP contribution in [0, 0.1) is 0 Å². The van der Waals surface area contributed by atoms with Gasteiger partial charge < -0.3 is 14.7 Å².